The highest BCUT2D eigenvalue weighted by Gasteiger charge is 2.17. The van der Waals surface area contributed by atoms with E-state index in [1.54, 1.807) is 0 Å². The molecule has 0 radical (unpaired) electrons. The van der Waals surface area contributed by atoms with Crippen LogP contribution >= 0.6 is 11.3 Å². The number of H-pyrrole nitrogens is 1. The molecule has 108 valence electrons. The number of aromatic amines is 1. The van der Waals surface area contributed by atoms with Gasteiger partial charge in [-0.25, -0.2) is 9.78 Å². The van der Waals surface area contributed by atoms with Gasteiger partial charge in [0, 0.05) is 4.88 Å². The molecule has 2 heterocycles. The summed E-state index contributed by atoms with van der Waals surface area (Å²) in [5.74, 6) is -0.455. The Kier molecular flexibility index (Phi) is 4.20. The predicted molar refractivity (Wildman–Crippen MR) is 76.4 cm³/mol. The van der Waals surface area contributed by atoms with Crippen molar-refractivity contribution in [3.05, 3.63) is 26.6 Å². The van der Waals surface area contributed by atoms with E-state index in [-0.39, 0.29) is 18.1 Å². The third-order valence-corrected chi connectivity index (χ3v) is 3.89. The van der Waals surface area contributed by atoms with E-state index in [1.807, 2.05) is 20.8 Å². The molecule has 20 heavy (non-hydrogen) atoms. The first kappa shape index (κ1) is 14.7. The fourth-order valence-corrected chi connectivity index (χ4v) is 3.38. The number of thiophene rings is 1. The Bertz CT molecular complexity index is 702. The van der Waals surface area contributed by atoms with Crippen molar-refractivity contribution < 1.29 is 14.6 Å². The molecular formula is C13H16N2O4S. The average molecular weight is 296 g/mol. The van der Waals surface area contributed by atoms with Crippen LogP contribution < -0.4 is 5.56 Å². The molecule has 0 spiro atoms. The summed E-state index contributed by atoms with van der Waals surface area (Å²) in [5.41, 5.74) is 0.828. The summed E-state index contributed by atoms with van der Waals surface area (Å²) in [6.07, 6.45) is 0. The molecule has 7 heteroatoms. The van der Waals surface area contributed by atoms with E-state index in [9.17, 15) is 9.59 Å². The van der Waals surface area contributed by atoms with Crippen LogP contribution in [0, 0.1) is 6.92 Å². The number of aromatic nitrogens is 2. The monoisotopic (exact) mass is 296 g/mol. The standard InChI is InChI=1S/C13H16N2O4S/c1-6(2)10-7(3)20-13-11(10)12(18)14-8(15-13)4-19-5-9(16)17/h6H,4-5H2,1-3H3,(H,16,17)(H,14,15,18). The summed E-state index contributed by atoms with van der Waals surface area (Å²) in [6, 6.07) is 0. The van der Waals surface area contributed by atoms with Gasteiger partial charge in [0.2, 0.25) is 0 Å². The van der Waals surface area contributed by atoms with E-state index >= 15 is 0 Å². The summed E-state index contributed by atoms with van der Waals surface area (Å²) in [7, 11) is 0. The fourth-order valence-electron chi connectivity index (χ4n) is 2.18. The number of aliphatic carboxylic acids is 1. The third kappa shape index (κ3) is 2.88. The van der Waals surface area contributed by atoms with Crippen LogP contribution in [0.3, 0.4) is 0 Å². The molecule has 2 N–H and O–H groups in total. The van der Waals surface area contributed by atoms with Crippen LogP contribution in [0.1, 0.15) is 36.0 Å². The number of ether oxygens (including phenoxy) is 1. The number of carbonyl (C=O) groups is 1. The Hall–Kier alpha value is -1.73. The van der Waals surface area contributed by atoms with Gasteiger partial charge in [0.05, 0.1) is 5.39 Å². The molecule has 0 fully saturated rings. The Morgan fingerprint density at radius 3 is 2.80 bits per heavy atom. The number of carboxylic acids is 1. The molecule has 0 amide bonds. The van der Waals surface area contributed by atoms with E-state index in [1.165, 1.54) is 11.3 Å². The van der Waals surface area contributed by atoms with Gasteiger partial charge in [0.25, 0.3) is 5.56 Å². The predicted octanol–water partition coefficient (Wildman–Crippen LogP) is 2.02. The van der Waals surface area contributed by atoms with Crippen molar-refractivity contribution in [2.24, 2.45) is 0 Å². The summed E-state index contributed by atoms with van der Waals surface area (Å²) in [6.45, 7) is 5.62. The van der Waals surface area contributed by atoms with Crippen LogP contribution in [0.5, 0.6) is 0 Å². The van der Waals surface area contributed by atoms with Crippen LogP contribution in [0.2, 0.25) is 0 Å². The van der Waals surface area contributed by atoms with E-state index < -0.39 is 12.6 Å². The number of hydrogen-bond acceptors (Lipinski definition) is 5. The van der Waals surface area contributed by atoms with Gasteiger partial charge < -0.3 is 14.8 Å². The maximum atomic E-state index is 12.2. The summed E-state index contributed by atoms with van der Waals surface area (Å²) in [4.78, 5) is 31.3. The highest BCUT2D eigenvalue weighted by molar-refractivity contribution is 7.18. The van der Waals surface area contributed by atoms with Crippen LogP contribution in [-0.2, 0) is 16.1 Å². The number of nitrogens with zero attached hydrogens (tertiary/aromatic N) is 1. The molecule has 2 rings (SSSR count). The number of hydrogen-bond donors (Lipinski definition) is 2. The zero-order valence-electron chi connectivity index (χ0n) is 11.5. The molecule has 2 aromatic heterocycles. The lowest BCUT2D eigenvalue weighted by atomic mass is 10.0. The van der Waals surface area contributed by atoms with Gasteiger partial charge in [-0.15, -0.1) is 11.3 Å². The summed E-state index contributed by atoms with van der Waals surface area (Å²) in [5, 5.41) is 9.13. The molecule has 0 unspecified atom stereocenters. The molecule has 0 atom stereocenters. The van der Waals surface area contributed by atoms with Gasteiger partial charge in [0.1, 0.15) is 23.9 Å². The van der Waals surface area contributed by atoms with E-state index in [0.717, 1.165) is 10.4 Å². The topological polar surface area (TPSA) is 92.3 Å². The van der Waals surface area contributed by atoms with Crippen LogP contribution in [0.25, 0.3) is 10.2 Å². The Morgan fingerprint density at radius 2 is 2.20 bits per heavy atom. The van der Waals surface area contributed by atoms with Crippen LogP contribution in [0.15, 0.2) is 4.79 Å². The molecule has 6 nitrogen and oxygen atoms in total. The lowest BCUT2D eigenvalue weighted by Gasteiger charge is -2.05. The molecule has 0 aromatic carbocycles. The highest BCUT2D eigenvalue weighted by Crippen LogP contribution is 2.32. The van der Waals surface area contributed by atoms with Gasteiger partial charge in [-0.3, -0.25) is 4.79 Å². The first-order valence-electron chi connectivity index (χ1n) is 6.22. The second-order valence-corrected chi connectivity index (χ2v) is 6.01. The van der Waals surface area contributed by atoms with Crippen molar-refractivity contribution in [2.45, 2.75) is 33.3 Å². The normalized spacial score (nSPS) is 11.4. The molecular weight excluding hydrogens is 280 g/mol. The van der Waals surface area contributed by atoms with Gasteiger partial charge in [-0.05, 0) is 18.4 Å². The second-order valence-electron chi connectivity index (χ2n) is 4.81. The Morgan fingerprint density at radius 1 is 1.50 bits per heavy atom. The summed E-state index contributed by atoms with van der Waals surface area (Å²) < 4.78 is 4.94. The van der Waals surface area contributed by atoms with Crippen LogP contribution in [0.4, 0.5) is 0 Å². The van der Waals surface area contributed by atoms with Gasteiger partial charge in [-0.2, -0.15) is 0 Å². The second kappa shape index (κ2) is 5.72. The molecule has 0 saturated carbocycles. The van der Waals surface area contributed by atoms with Crippen molar-refractivity contribution in [3.63, 3.8) is 0 Å². The average Bonchev–Trinajstić information content (AvgIpc) is 2.65. The zero-order chi connectivity index (χ0) is 14.9. The van der Waals surface area contributed by atoms with Crippen molar-refractivity contribution in [1.82, 2.24) is 9.97 Å². The van der Waals surface area contributed by atoms with E-state index in [2.05, 4.69) is 9.97 Å². The highest BCUT2D eigenvalue weighted by atomic mass is 32.1. The molecule has 0 bridgehead atoms. The molecule has 2 aromatic rings. The molecule has 0 aliphatic rings. The van der Waals surface area contributed by atoms with Gasteiger partial charge in [0.15, 0.2) is 0 Å². The Labute approximate surface area is 119 Å². The SMILES string of the molecule is Cc1sc2nc(COCC(=O)O)[nH]c(=O)c2c1C(C)C. The molecule has 0 saturated heterocycles. The fraction of sp³-hybridized carbons (Fsp3) is 0.462. The van der Waals surface area contributed by atoms with Crippen molar-refractivity contribution >= 4 is 27.5 Å². The lowest BCUT2D eigenvalue weighted by molar-refractivity contribution is -0.142. The molecule has 0 aliphatic heterocycles. The van der Waals surface area contributed by atoms with Crippen molar-refractivity contribution in [1.29, 1.82) is 0 Å². The first-order chi connectivity index (χ1) is 9.40. The minimum Gasteiger partial charge on any atom is -0.480 e. The molecule has 0 aliphatic carbocycles. The summed E-state index contributed by atoms with van der Waals surface area (Å²) >= 11 is 1.47. The van der Waals surface area contributed by atoms with Crippen molar-refractivity contribution in [3.8, 4) is 0 Å². The number of nitrogens with one attached hydrogen (secondary N) is 1. The minimum atomic E-state index is -1.05. The first-order valence-corrected chi connectivity index (χ1v) is 7.03. The quantitative estimate of drug-likeness (QED) is 0.880. The van der Waals surface area contributed by atoms with Crippen LogP contribution in [-0.4, -0.2) is 27.7 Å². The lowest BCUT2D eigenvalue weighted by Crippen LogP contribution is -2.15. The van der Waals surface area contributed by atoms with Gasteiger partial charge in [-0.1, -0.05) is 13.8 Å². The third-order valence-electron chi connectivity index (χ3n) is 2.88. The Balaban J connectivity index is 2.39. The maximum Gasteiger partial charge on any atom is 0.329 e. The smallest absolute Gasteiger partial charge is 0.329 e. The number of fused-ring (bicyclic) bond motifs is 1. The van der Waals surface area contributed by atoms with E-state index in [4.69, 9.17) is 9.84 Å². The number of aryl methyl sites for hydroxylation is 1. The minimum absolute atomic E-state index is 0.0224. The largest absolute Gasteiger partial charge is 0.480 e. The zero-order valence-corrected chi connectivity index (χ0v) is 12.3. The van der Waals surface area contributed by atoms with Crippen molar-refractivity contribution in [2.75, 3.05) is 6.61 Å². The van der Waals surface area contributed by atoms with Gasteiger partial charge >= 0.3 is 5.97 Å². The number of carboxylic acid groups (broad SMARTS) is 1. The maximum absolute atomic E-state index is 12.2. The van der Waals surface area contributed by atoms with E-state index in [0.29, 0.717) is 16.0 Å². The number of rotatable bonds is 5.